The number of nitrogens with zero attached hydrogens (tertiary/aromatic N) is 6. The van der Waals surface area contributed by atoms with Gasteiger partial charge in [0.2, 0.25) is 0 Å². The predicted molar refractivity (Wildman–Crippen MR) is 99.9 cm³/mol. The van der Waals surface area contributed by atoms with E-state index in [2.05, 4.69) is 35.3 Å². The van der Waals surface area contributed by atoms with Crippen LogP contribution in [0.5, 0.6) is 0 Å². The first kappa shape index (κ1) is 19.5. The molecule has 4 heterocycles. The highest BCUT2D eigenvalue weighted by molar-refractivity contribution is 5.95. The summed E-state index contributed by atoms with van der Waals surface area (Å²) in [5.41, 5.74) is 3.17. The number of carbonyl (C=O) groups excluding carboxylic acids is 1. The van der Waals surface area contributed by atoms with Gasteiger partial charge in [0.1, 0.15) is 11.1 Å². The van der Waals surface area contributed by atoms with Crippen molar-refractivity contribution in [3.8, 4) is 22.5 Å². The Kier molecular flexibility index (Phi) is 5.53. The highest BCUT2D eigenvalue weighted by atomic mass is 16.5. The Balaban J connectivity index is 0.000000166. The summed E-state index contributed by atoms with van der Waals surface area (Å²) in [6.45, 7) is 0. The van der Waals surface area contributed by atoms with Crippen LogP contribution in [0.15, 0.2) is 37.2 Å². The zero-order valence-corrected chi connectivity index (χ0v) is 15.8. The van der Waals surface area contributed by atoms with Gasteiger partial charge in [-0.2, -0.15) is 20.4 Å². The van der Waals surface area contributed by atoms with E-state index in [1.54, 1.807) is 48.2 Å². The minimum Gasteiger partial charge on any atom is -0.478 e. The number of esters is 1. The normalized spacial score (nSPS) is 10.3. The highest BCUT2D eigenvalue weighted by Gasteiger charge is 2.16. The number of carboxylic acids is 1. The molecule has 0 radical (unpaired) electrons. The molecule has 0 aliphatic carbocycles. The SMILES string of the molecule is COC(=O)c1cn[nH]c1-c1cnn(C)c1.Cn1cc(-c2[nH]ncc2C(=O)O)cn1. The van der Waals surface area contributed by atoms with Crippen LogP contribution in [0.3, 0.4) is 0 Å². The molecule has 0 unspecified atom stereocenters. The van der Waals surface area contributed by atoms with E-state index in [1.807, 2.05) is 0 Å². The molecule has 0 aliphatic heterocycles. The van der Waals surface area contributed by atoms with Crippen molar-refractivity contribution < 1.29 is 19.4 Å². The van der Waals surface area contributed by atoms with Gasteiger partial charge in [-0.25, -0.2) is 9.59 Å². The number of aromatic carboxylic acids is 1. The van der Waals surface area contributed by atoms with Gasteiger partial charge in [-0.05, 0) is 0 Å². The zero-order chi connectivity index (χ0) is 21.0. The summed E-state index contributed by atoms with van der Waals surface area (Å²) in [5, 5.41) is 29.7. The fourth-order valence-corrected chi connectivity index (χ4v) is 2.54. The number of hydrogen-bond acceptors (Lipinski definition) is 7. The van der Waals surface area contributed by atoms with Crippen molar-refractivity contribution in [3.63, 3.8) is 0 Å². The number of ether oxygens (including phenoxy) is 1. The van der Waals surface area contributed by atoms with Gasteiger partial charge in [0, 0.05) is 37.6 Å². The first-order valence-electron chi connectivity index (χ1n) is 8.27. The van der Waals surface area contributed by atoms with Crippen molar-refractivity contribution in [1.82, 2.24) is 40.0 Å². The van der Waals surface area contributed by atoms with Crippen LogP contribution in [0.1, 0.15) is 20.7 Å². The Morgan fingerprint density at radius 1 is 0.897 bits per heavy atom. The number of nitrogens with one attached hydrogen (secondary N) is 2. The maximum absolute atomic E-state index is 11.4. The number of aromatic nitrogens is 8. The average molecular weight is 398 g/mol. The van der Waals surface area contributed by atoms with Crippen LogP contribution >= 0.6 is 0 Å². The first-order valence-corrected chi connectivity index (χ1v) is 8.27. The van der Waals surface area contributed by atoms with E-state index < -0.39 is 11.9 Å². The lowest BCUT2D eigenvalue weighted by molar-refractivity contribution is 0.0600. The fourth-order valence-electron chi connectivity index (χ4n) is 2.54. The number of methoxy groups -OCH3 is 1. The van der Waals surface area contributed by atoms with Crippen molar-refractivity contribution in [3.05, 3.63) is 48.3 Å². The zero-order valence-electron chi connectivity index (χ0n) is 15.8. The minimum atomic E-state index is -1.00. The minimum absolute atomic E-state index is 0.151. The van der Waals surface area contributed by atoms with Crippen molar-refractivity contribution in [2.45, 2.75) is 0 Å². The van der Waals surface area contributed by atoms with Gasteiger partial charge >= 0.3 is 11.9 Å². The van der Waals surface area contributed by atoms with Gasteiger partial charge in [0.05, 0.1) is 43.3 Å². The van der Waals surface area contributed by atoms with Gasteiger partial charge in [0.25, 0.3) is 0 Å². The first-order chi connectivity index (χ1) is 13.9. The Hall–Kier alpha value is -4.22. The molecule has 0 fully saturated rings. The molecule has 0 spiro atoms. The number of aromatic amines is 2. The van der Waals surface area contributed by atoms with Crippen molar-refractivity contribution in [1.29, 1.82) is 0 Å². The summed E-state index contributed by atoms with van der Waals surface area (Å²) < 4.78 is 7.89. The molecule has 0 aliphatic rings. The number of carboxylic acid groups (broad SMARTS) is 1. The second kappa shape index (κ2) is 8.21. The van der Waals surface area contributed by atoms with Crippen LogP contribution in [0, 0.1) is 0 Å². The van der Waals surface area contributed by atoms with Crippen LogP contribution in [0.2, 0.25) is 0 Å². The fraction of sp³-hybridized carbons (Fsp3) is 0.176. The van der Waals surface area contributed by atoms with Crippen LogP contribution < -0.4 is 0 Å². The molecule has 12 nitrogen and oxygen atoms in total. The number of aryl methyl sites for hydroxylation is 2. The van der Waals surface area contributed by atoms with E-state index in [1.165, 1.54) is 19.5 Å². The molecule has 29 heavy (non-hydrogen) atoms. The Morgan fingerprint density at radius 3 is 1.79 bits per heavy atom. The maximum atomic E-state index is 11.4. The lowest BCUT2D eigenvalue weighted by Gasteiger charge is -1.97. The largest absolute Gasteiger partial charge is 0.478 e. The summed E-state index contributed by atoms with van der Waals surface area (Å²) >= 11 is 0. The monoisotopic (exact) mass is 398 g/mol. The topological polar surface area (TPSA) is 157 Å². The van der Waals surface area contributed by atoms with E-state index in [4.69, 9.17) is 5.11 Å². The molecule has 0 aromatic carbocycles. The average Bonchev–Trinajstić information content (AvgIpc) is 3.47. The molecule has 0 amide bonds. The molecule has 0 saturated heterocycles. The van der Waals surface area contributed by atoms with Crippen molar-refractivity contribution in [2.24, 2.45) is 14.1 Å². The Morgan fingerprint density at radius 2 is 1.38 bits per heavy atom. The number of carbonyl (C=O) groups is 2. The highest BCUT2D eigenvalue weighted by Crippen LogP contribution is 2.21. The van der Waals surface area contributed by atoms with E-state index in [-0.39, 0.29) is 5.56 Å². The Labute approximate surface area is 164 Å². The summed E-state index contributed by atoms with van der Waals surface area (Å²) in [5.74, 6) is -1.42. The van der Waals surface area contributed by atoms with Crippen LogP contribution in [0.25, 0.3) is 22.5 Å². The summed E-state index contributed by atoms with van der Waals surface area (Å²) in [6, 6.07) is 0. The second-order valence-electron chi connectivity index (χ2n) is 5.92. The lowest BCUT2D eigenvalue weighted by atomic mass is 10.1. The lowest BCUT2D eigenvalue weighted by Crippen LogP contribution is -2.01. The van der Waals surface area contributed by atoms with Crippen molar-refractivity contribution >= 4 is 11.9 Å². The molecular formula is C17H18N8O4. The summed E-state index contributed by atoms with van der Waals surface area (Å²) in [6.07, 6.45) is 9.47. The number of rotatable bonds is 4. The van der Waals surface area contributed by atoms with Crippen LogP contribution in [-0.2, 0) is 18.8 Å². The number of hydrogen-bond donors (Lipinski definition) is 3. The molecule has 150 valence electrons. The molecule has 0 bridgehead atoms. The standard InChI is InChI=1S/C9H10N4O2.C8H8N4O2/c1-13-5-6(3-11-13)8-7(4-10-12-8)9(14)15-2;1-12-4-5(2-10-12)7-6(8(13)14)3-9-11-7/h3-5H,1-2H3,(H,10,12);2-4H,1H3,(H,9,11)(H,13,14). The molecule has 3 N–H and O–H groups in total. The van der Waals surface area contributed by atoms with Gasteiger partial charge in [-0.1, -0.05) is 0 Å². The molecule has 4 aromatic rings. The third-order valence-electron chi connectivity index (χ3n) is 3.90. The molecule has 0 saturated carbocycles. The molecule has 4 rings (SSSR count). The second-order valence-corrected chi connectivity index (χ2v) is 5.92. The molecule has 12 heteroatoms. The predicted octanol–water partition coefficient (Wildman–Crippen LogP) is 1.11. The van der Waals surface area contributed by atoms with Gasteiger partial charge in [-0.3, -0.25) is 19.6 Å². The van der Waals surface area contributed by atoms with Crippen LogP contribution in [0.4, 0.5) is 0 Å². The summed E-state index contributed by atoms with van der Waals surface area (Å²) in [4.78, 5) is 22.1. The molecule has 0 atom stereocenters. The summed E-state index contributed by atoms with van der Waals surface area (Å²) in [7, 11) is 4.90. The number of H-pyrrole nitrogens is 2. The third-order valence-corrected chi connectivity index (χ3v) is 3.90. The molecule has 4 aromatic heterocycles. The van der Waals surface area contributed by atoms with E-state index in [0.29, 0.717) is 22.5 Å². The van der Waals surface area contributed by atoms with Crippen molar-refractivity contribution in [2.75, 3.05) is 7.11 Å². The van der Waals surface area contributed by atoms with Crippen LogP contribution in [-0.4, -0.2) is 64.1 Å². The van der Waals surface area contributed by atoms with Gasteiger partial charge in [-0.15, -0.1) is 0 Å². The maximum Gasteiger partial charge on any atom is 0.341 e. The Bertz CT molecular complexity index is 1140. The van der Waals surface area contributed by atoms with Gasteiger partial charge < -0.3 is 9.84 Å². The molecular weight excluding hydrogens is 380 g/mol. The van der Waals surface area contributed by atoms with Gasteiger partial charge in [0.15, 0.2) is 0 Å². The smallest absolute Gasteiger partial charge is 0.341 e. The van der Waals surface area contributed by atoms with E-state index in [0.717, 1.165) is 5.56 Å². The quantitative estimate of drug-likeness (QED) is 0.431. The third kappa shape index (κ3) is 4.21. The van der Waals surface area contributed by atoms with E-state index in [9.17, 15) is 9.59 Å². The van der Waals surface area contributed by atoms with E-state index >= 15 is 0 Å².